The first-order valence-corrected chi connectivity index (χ1v) is 7.58. The van der Waals surface area contributed by atoms with Crippen LogP contribution in [0.15, 0.2) is 19.0 Å². The molecule has 0 unspecified atom stereocenters. The van der Waals surface area contributed by atoms with Gasteiger partial charge < -0.3 is 4.74 Å². The largest absolute Gasteiger partial charge is 0.473 e. The van der Waals surface area contributed by atoms with Gasteiger partial charge in [-0.05, 0) is 25.7 Å². The second-order valence-electron chi connectivity index (χ2n) is 4.83. The highest BCUT2D eigenvalue weighted by Gasteiger charge is 2.32. The van der Waals surface area contributed by atoms with Gasteiger partial charge in [-0.1, -0.05) is 11.6 Å². The molecule has 112 valence electrons. The standard InChI is InChI=1S/C12H12Cl3N5O/c13-9-10(20-7-16-5-19-20)17-6-18-11(9)21-8-1-3-12(14,15)4-2-8/h5-8H,1-4H2. The van der Waals surface area contributed by atoms with E-state index in [-0.39, 0.29) is 6.10 Å². The van der Waals surface area contributed by atoms with Gasteiger partial charge in [0, 0.05) is 0 Å². The van der Waals surface area contributed by atoms with E-state index in [1.54, 1.807) is 0 Å². The molecule has 0 N–H and O–H groups in total. The lowest BCUT2D eigenvalue weighted by Gasteiger charge is -2.30. The van der Waals surface area contributed by atoms with Crippen molar-refractivity contribution < 1.29 is 4.74 Å². The summed E-state index contributed by atoms with van der Waals surface area (Å²) in [5, 5.41) is 4.30. The zero-order valence-corrected chi connectivity index (χ0v) is 13.2. The molecule has 1 saturated carbocycles. The minimum Gasteiger partial charge on any atom is -0.473 e. The average Bonchev–Trinajstić information content (AvgIpc) is 2.97. The van der Waals surface area contributed by atoms with E-state index < -0.39 is 4.33 Å². The summed E-state index contributed by atoms with van der Waals surface area (Å²) in [6, 6.07) is 0. The van der Waals surface area contributed by atoms with E-state index in [2.05, 4.69) is 20.1 Å². The molecular weight excluding hydrogens is 337 g/mol. The Morgan fingerprint density at radius 2 is 1.95 bits per heavy atom. The van der Waals surface area contributed by atoms with Crippen molar-refractivity contribution in [1.82, 2.24) is 24.7 Å². The maximum Gasteiger partial charge on any atom is 0.238 e. The molecule has 1 aliphatic carbocycles. The van der Waals surface area contributed by atoms with Crippen LogP contribution in [0.4, 0.5) is 0 Å². The van der Waals surface area contributed by atoms with Crippen molar-refractivity contribution >= 4 is 34.8 Å². The van der Waals surface area contributed by atoms with E-state index in [0.29, 0.717) is 29.6 Å². The maximum atomic E-state index is 6.28. The van der Waals surface area contributed by atoms with Gasteiger partial charge in [-0.25, -0.2) is 19.6 Å². The molecule has 0 atom stereocenters. The van der Waals surface area contributed by atoms with Crippen molar-refractivity contribution in [2.75, 3.05) is 0 Å². The molecule has 1 aliphatic rings. The van der Waals surface area contributed by atoms with Gasteiger partial charge in [0.05, 0.1) is 0 Å². The molecule has 2 aromatic heterocycles. The fourth-order valence-corrected chi connectivity index (χ4v) is 2.86. The number of halogens is 3. The minimum atomic E-state index is -0.652. The first-order chi connectivity index (χ1) is 10.1. The normalized spacial score (nSPS) is 18.6. The Morgan fingerprint density at radius 3 is 2.62 bits per heavy atom. The fraction of sp³-hybridized carbons (Fsp3) is 0.500. The van der Waals surface area contributed by atoms with E-state index >= 15 is 0 Å². The SMILES string of the molecule is Clc1c(OC2CCC(Cl)(Cl)CC2)ncnc1-n1cncn1. The summed E-state index contributed by atoms with van der Waals surface area (Å²) in [4.78, 5) is 12.0. The molecule has 0 amide bonds. The Kier molecular flexibility index (Phi) is 4.19. The Balaban J connectivity index is 1.76. The minimum absolute atomic E-state index is 0.00776. The molecular formula is C12H12Cl3N5O. The van der Waals surface area contributed by atoms with Crippen LogP contribution in [0.3, 0.4) is 0 Å². The van der Waals surface area contributed by atoms with E-state index in [0.717, 1.165) is 12.8 Å². The molecule has 3 rings (SSSR count). The summed E-state index contributed by atoms with van der Waals surface area (Å²) in [5.41, 5.74) is 0. The van der Waals surface area contributed by atoms with Crippen molar-refractivity contribution in [1.29, 1.82) is 0 Å². The summed E-state index contributed by atoms with van der Waals surface area (Å²) in [7, 11) is 0. The van der Waals surface area contributed by atoms with Crippen LogP contribution in [0.1, 0.15) is 25.7 Å². The predicted octanol–water partition coefficient (Wildman–Crippen LogP) is 3.21. The molecule has 21 heavy (non-hydrogen) atoms. The van der Waals surface area contributed by atoms with Crippen LogP contribution in [0.2, 0.25) is 5.02 Å². The first-order valence-electron chi connectivity index (χ1n) is 6.45. The second-order valence-corrected chi connectivity index (χ2v) is 6.85. The molecule has 0 aliphatic heterocycles. The van der Waals surface area contributed by atoms with Gasteiger partial charge in [0.25, 0.3) is 0 Å². The van der Waals surface area contributed by atoms with Crippen molar-refractivity contribution in [2.24, 2.45) is 0 Å². The van der Waals surface area contributed by atoms with E-state index in [1.165, 1.54) is 23.7 Å². The zero-order chi connectivity index (χ0) is 14.9. The molecule has 1 fully saturated rings. The second kappa shape index (κ2) is 5.94. The third-order valence-electron chi connectivity index (χ3n) is 3.32. The van der Waals surface area contributed by atoms with Gasteiger partial charge in [0.2, 0.25) is 5.88 Å². The van der Waals surface area contributed by atoms with Gasteiger partial charge >= 0.3 is 0 Å². The van der Waals surface area contributed by atoms with Crippen molar-refractivity contribution in [3.63, 3.8) is 0 Å². The average molecular weight is 349 g/mol. The summed E-state index contributed by atoms with van der Waals surface area (Å²) in [6.45, 7) is 0. The molecule has 0 aromatic carbocycles. The van der Waals surface area contributed by atoms with Crippen LogP contribution in [0.25, 0.3) is 5.82 Å². The Bertz CT molecular complexity index is 609. The Hall–Kier alpha value is -1.11. The van der Waals surface area contributed by atoms with Crippen LogP contribution < -0.4 is 4.74 Å². The first kappa shape index (κ1) is 14.8. The van der Waals surface area contributed by atoms with Gasteiger partial charge in [-0.2, -0.15) is 5.10 Å². The quantitative estimate of drug-likeness (QED) is 0.797. The van der Waals surface area contributed by atoms with Gasteiger partial charge in [-0.15, -0.1) is 23.2 Å². The van der Waals surface area contributed by atoms with Crippen LogP contribution in [-0.4, -0.2) is 35.2 Å². The van der Waals surface area contributed by atoms with E-state index in [9.17, 15) is 0 Å². The van der Waals surface area contributed by atoms with Crippen LogP contribution in [0.5, 0.6) is 5.88 Å². The molecule has 0 radical (unpaired) electrons. The third-order valence-corrected chi connectivity index (χ3v) is 4.40. The Morgan fingerprint density at radius 1 is 1.19 bits per heavy atom. The molecule has 0 spiro atoms. The molecule has 2 heterocycles. The van der Waals surface area contributed by atoms with Gasteiger partial charge in [0.1, 0.15) is 34.4 Å². The molecule has 0 saturated heterocycles. The summed E-state index contributed by atoms with van der Waals surface area (Å²) < 4.78 is 6.66. The smallest absolute Gasteiger partial charge is 0.238 e. The third kappa shape index (κ3) is 3.39. The number of hydrogen-bond donors (Lipinski definition) is 0. The molecule has 9 heteroatoms. The number of rotatable bonds is 3. The molecule has 6 nitrogen and oxygen atoms in total. The molecule has 2 aromatic rings. The number of alkyl halides is 2. The number of hydrogen-bond acceptors (Lipinski definition) is 5. The summed E-state index contributed by atoms with van der Waals surface area (Å²) >= 11 is 18.5. The molecule has 0 bridgehead atoms. The predicted molar refractivity (Wildman–Crippen MR) is 79.3 cm³/mol. The zero-order valence-electron chi connectivity index (χ0n) is 10.9. The Labute approximate surface area is 136 Å². The summed E-state index contributed by atoms with van der Waals surface area (Å²) in [5.74, 6) is 0.762. The number of ether oxygens (including phenoxy) is 1. The van der Waals surface area contributed by atoms with E-state index in [1.807, 2.05) is 0 Å². The van der Waals surface area contributed by atoms with Crippen molar-refractivity contribution in [2.45, 2.75) is 36.1 Å². The number of aromatic nitrogens is 5. The van der Waals surface area contributed by atoms with Gasteiger partial charge in [-0.3, -0.25) is 0 Å². The summed E-state index contributed by atoms with van der Waals surface area (Å²) in [6.07, 6.45) is 7.16. The van der Waals surface area contributed by atoms with Crippen LogP contribution in [0, 0.1) is 0 Å². The van der Waals surface area contributed by atoms with Gasteiger partial charge in [0.15, 0.2) is 5.82 Å². The fourth-order valence-electron chi connectivity index (χ4n) is 2.19. The highest BCUT2D eigenvalue weighted by molar-refractivity contribution is 6.48. The van der Waals surface area contributed by atoms with Crippen LogP contribution in [-0.2, 0) is 0 Å². The highest BCUT2D eigenvalue weighted by atomic mass is 35.5. The van der Waals surface area contributed by atoms with Crippen LogP contribution >= 0.6 is 34.8 Å². The van der Waals surface area contributed by atoms with Crippen molar-refractivity contribution in [3.8, 4) is 11.7 Å². The van der Waals surface area contributed by atoms with E-state index in [4.69, 9.17) is 39.5 Å². The van der Waals surface area contributed by atoms with Crippen molar-refractivity contribution in [3.05, 3.63) is 24.0 Å². The lowest BCUT2D eigenvalue weighted by molar-refractivity contribution is 0.145. The highest BCUT2D eigenvalue weighted by Crippen LogP contribution is 2.39. The lowest BCUT2D eigenvalue weighted by Crippen LogP contribution is -2.29. The monoisotopic (exact) mass is 347 g/mol. The maximum absolute atomic E-state index is 6.28. The number of nitrogens with zero attached hydrogens (tertiary/aromatic N) is 5. The topological polar surface area (TPSA) is 65.7 Å². The lowest BCUT2D eigenvalue weighted by atomic mass is 9.97.